The Morgan fingerprint density at radius 2 is 2.20 bits per heavy atom. The maximum Gasteiger partial charge on any atom is 0.351 e. The topological polar surface area (TPSA) is 63.3 Å². The van der Waals surface area contributed by atoms with Crippen molar-refractivity contribution in [2.75, 3.05) is 0 Å². The second kappa shape index (κ2) is 3.74. The summed E-state index contributed by atoms with van der Waals surface area (Å²) in [6, 6.07) is 7.73. The fraction of sp³-hybridized carbons (Fsp3) is 0. The molecule has 4 heteroatoms. The fourth-order valence-electron chi connectivity index (χ4n) is 1.32. The zero-order valence-electron chi connectivity index (χ0n) is 7.81. The van der Waals surface area contributed by atoms with Crippen LogP contribution in [0.3, 0.4) is 0 Å². The van der Waals surface area contributed by atoms with Crippen LogP contribution in [-0.2, 0) is 4.79 Å². The number of hydrogen-bond donors (Lipinski definition) is 2. The standard InChI is InChI=1S/C11H9NO2S/c12-9(11(13)14)6-7-1-2-10-8(5-7)3-4-15-10/h1-6H,12H2,(H,13,14)/b9-6+. The van der Waals surface area contributed by atoms with Gasteiger partial charge in [-0.05, 0) is 40.6 Å². The smallest absolute Gasteiger partial charge is 0.351 e. The highest BCUT2D eigenvalue weighted by Crippen LogP contribution is 2.22. The Kier molecular flexibility index (Phi) is 2.43. The van der Waals surface area contributed by atoms with Crippen LogP contribution in [0.2, 0.25) is 0 Å². The summed E-state index contributed by atoms with van der Waals surface area (Å²) >= 11 is 1.65. The van der Waals surface area contributed by atoms with E-state index in [2.05, 4.69) is 0 Å². The quantitative estimate of drug-likeness (QED) is 0.762. The molecule has 1 aromatic heterocycles. The number of hydrogen-bond acceptors (Lipinski definition) is 3. The van der Waals surface area contributed by atoms with Gasteiger partial charge in [0.1, 0.15) is 5.70 Å². The Labute approximate surface area is 90.5 Å². The number of fused-ring (bicyclic) bond motifs is 1. The highest BCUT2D eigenvalue weighted by Gasteiger charge is 2.01. The molecule has 0 amide bonds. The molecule has 0 aliphatic carbocycles. The molecular formula is C11H9NO2S. The number of benzene rings is 1. The van der Waals surface area contributed by atoms with Gasteiger partial charge in [0.25, 0.3) is 0 Å². The summed E-state index contributed by atoms with van der Waals surface area (Å²) < 4.78 is 1.18. The molecule has 0 aliphatic heterocycles. The molecule has 0 spiro atoms. The summed E-state index contributed by atoms with van der Waals surface area (Å²) in [6.07, 6.45) is 1.46. The van der Waals surface area contributed by atoms with Crippen molar-refractivity contribution in [3.05, 3.63) is 40.9 Å². The van der Waals surface area contributed by atoms with Gasteiger partial charge in [0.05, 0.1) is 0 Å². The summed E-state index contributed by atoms with van der Waals surface area (Å²) in [5.41, 5.74) is 5.99. The van der Waals surface area contributed by atoms with Crippen LogP contribution in [0.5, 0.6) is 0 Å². The van der Waals surface area contributed by atoms with E-state index in [1.54, 1.807) is 11.3 Å². The second-order valence-electron chi connectivity index (χ2n) is 3.12. The van der Waals surface area contributed by atoms with E-state index in [9.17, 15) is 4.79 Å². The van der Waals surface area contributed by atoms with Crippen molar-refractivity contribution >= 4 is 33.5 Å². The normalized spacial score (nSPS) is 11.9. The minimum Gasteiger partial charge on any atom is -0.477 e. The molecule has 3 N–H and O–H groups in total. The molecule has 0 radical (unpaired) electrons. The van der Waals surface area contributed by atoms with Gasteiger partial charge in [0.15, 0.2) is 0 Å². The van der Waals surface area contributed by atoms with Gasteiger partial charge in [-0.1, -0.05) is 6.07 Å². The number of rotatable bonds is 2. The lowest BCUT2D eigenvalue weighted by Gasteiger charge is -1.96. The summed E-state index contributed by atoms with van der Waals surface area (Å²) in [4.78, 5) is 10.5. The summed E-state index contributed by atoms with van der Waals surface area (Å²) in [7, 11) is 0. The zero-order valence-corrected chi connectivity index (χ0v) is 8.62. The van der Waals surface area contributed by atoms with Crippen LogP contribution in [0, 0.1) is 0 Å². The maximum absolute atomic E-state index is 10.5. The van der Waals surface area contributed by atoms with Crippen molar-refractivity contribution in [2.24, 2.45) is 5.73 Å². The van der Waals surface area contributed by atoms with Crippen molar-refractivity contribution < 1.29 is 9.90 Å². The number of thiophene rings is 1. The molecule has 76 valence electrons. The summed E-state index contributed by atoms with van der Waals surface area (Å²) in [5.74, 6) is -1.10. The molecule has 1 aromatic carbocycles. The first-order valence-electron chi connectivity index (χ1n) is 4.34. The molecular weight excluding hydrogens is 210 g/mol. The second-order valence-corrected chi connectivity index (χ2v) is 4.07. The van der Waals surface area contributed by atoms with E-state index in [1.165, 1.54) is 10.8 Å². The molecule has 0 bridgehead atoms. The van der Waals surface area contributed by atoms with Gasteiger partial charge in [-0.2, -0.15) is 0 Å². The predicted octanol–water partition coefficient (Wildman–Crippen LogP) is 2.29. The average Bonchev–Trinajstić information content (AvgIpc) is 2.64. The van der Waals surface area contributed by atoms with Crippen molar-refractivity contribution in [1.82, 2.24) is 0 Å². The van der Waals surface area contributed by atoms with E-state index in [1.807, 2.05) is 29.6 Å². The molecule has 0 atom stereocenters. The number of aliphatic carboxylic acids is 1. The Morgan fingerprint density at radius 1 is 1.40 bits per heavy atom. The van der Waals surface area contributed by atoms with Crippen molar-refractivity contribution in [2.45, 2.75) is 0 Å². The first-order valence-corrected chi connectivity index (χ1v) is 5.22. The minimum atomic E-state index is -1.10. The zero-order chi connectivity index (χ0) is 10.8. The first-order chi connectivity index (χ1) is 7.16. The highest BCUT2D eigenvalue weighted by atomic mass is 32.1. The van der Waals surface area contributed by atoms with Crippen LogP contribution in [0.15, 0.2) is 35.3 Å². The van der Waals surface area contributed by atoms with E-state index in [0.717, 1.165) is 10.9 Å². The van der Waals surface area contributed by atoms with Crippen LogP contribution in [0.4, 0.5) is 0 Å². The SMILES string of the molecule is N/C(=C/c1ccc2sccc2c1)C(=O)O. The Hall–Kier alpha value is -1.81. The molecule has 2 rings (SSSR count). The summed E-state index contributed by atoms with van der Waals surface area (Å²) in [6.45, 7) is 0. The molecule has 0 fully saturated rings. The number of carboxylic acid groups (broad SMARTS) is 1. The van der Waals surface area contributed by atoms with E-state index in [0.29, 0.717) is 0 Å². The number of carbonyl (C=O) groups is 1. The third-order valence-corrected chi connectivity index (χ3v) is 2.94. The van der Waals surface area contributed by atoms with E-state index in [4.69, 9.17) is 10.8 Å². The molecule has 0 saturated carbocycles. The minimum absolute atomic E-state index is 0.149. The predicted molar refractivity (Wildman–Crippen MR) is 61.6 cm³/mol. The molecule has 15 heavy (non-hydrogen) atoms. The van der Waals surface area contributed by atoms with Crippen LogP contribution in [-0.4, -0.2) is 11.1 Å². The van der Waals surface area contributed by atoms with Gasteiger partial charge in [0, 0.05) is 4.70 Å². The van der Waals surface area contributed by atoms with E-state index in [-0.39, 0.29) is 5.70 Å². The van der Waals surface area contributed by atoms with Gasteiger partial charge in [-0.25, -0.2) is 4.79 Å². The molecule has 0 aliphatic rings. The number of carboxylic acids is 1. The van der Waals surface area contributed by atoms with Crippen LogP contribution in [0.1, 0.15) is 5.56 Å². The van der Waals surface area contributed by atoms with Crippen LogP contribution < -0.4 is 5.73 Å². The van der Waals surface area contributed by atoms with Gasteiger partial charge >= 0.3 is 5.97 Å². The van der Waals surface area contributed by atoms with Crippen LogP contribution in [0.25, 0.3) is 16.2 Å². The lowest BCUT2D eigenvalue weighted by atomic mass is 10.1. The van der Waals surface area contributed by atoms with Gasteiger partial charge in [0.2, 0.25) is 0 Å². The largest absolute Gasteiger partial charge is 0.477 e. The Morgan fingerprint density at radius 3 is 2.93 bits per heavy atom. The van der Waals surface area contributed by atoms with E-state index >= 15 is 0 Å². The Balaban J connectivity index is 2.44. The lowest BCUT2D eigenvalue weighted by molar-refractivity contribution is -0.132. The van der Waals surface area contributed by atoms with Crippen molar-refractivity contribution in [3.63, 3.8) is 0 Å². The third-order valence-electron chi connectivity index (χ3n) is 2.05. The molecule has 1 heterocycles. The third kappa shape index (κ3) is 1.99. The molecule has 2 aromatic rings. The van der Waals surface area contributed by atoms with Crippen molar-refractivity contribution in [1.29, 1.82) is 0 Å². The van der Waals surface area contributed by atoms with Crippen LogP contribution >= 0.6 is 11.3 Å². The fourth-order valence-corrected chi connectivity index (χ4v) is 2.09. The first kappa shape index (κ1) is 9.73. The highest BCUT2D eigenvalue weighted by molar-refractivity contribution is 7.17. The average molecular weight is 219 g/mol. The van der Waals surface area contributed by atoms with Gasteiger partial charge in [-0.3, -0.25) is 0 Å². The van der Waals surface area contributed by atoms with Crippen molar-refractivity contribution in [3.8, 4) is 0 Å². The lowest BCUT2D eigenvalue weighted by Crippen LogP contribution is -2.09. The molecule has 3 nitrogen and oxygen atoms in total. The van der Waals surface area contributed by atoms with E-state index < -0.39 is 5.97 Å². The number of nitrogens with two attached hydrogens (primary N) is 1. The Bertz CT molecular complexity index is 542. The molecule has 0 saturated heterocycles. The van der Waals surface area contributed by atoms with Gasteiger partial charge < -0.3 is 10.8 Å². The molecule has 0 unspecified atom stereocenters. The summed E-state index contributed by atoms with van der Waals surface area (Å²) in [5, 5.41) is 11.7. The monoisotopic (exact) mass is 219 g/mol. The maximum atomic E-state index is 10.5. The van der Waals surface area contributed by atoms with Gasteiger partial charge in [-0.15, -0.1) is 11.3 Å².